The number of aryl methyl sites for hydroxylation is 2. The third kappa shape index (κ3) is 2.84. The summed E-state index contributed by atoms with van der Waals surface area (Å²) in [6, 6.07) is -0.438. The zero-order valence-corrected chi connectivity index (χ0v) is 13.5. The standard InChI is InChI=1S/C14H18N4O3S/c1-8-6-22-7-11(8)16-14(19)18-5-10(20-3)4-12(18)13-15-9(2)17-21-13/h6-7,10,12H,4-5H2,1-3H3,(H,16,19)/t10-,12+/m0/s1. The van der Waals surface area contributed by atoms with Gasteiger partial charge in [0.2, 0.25) is 5.89 Å². The Hall–Kier alpha value is -1.93. The highest BCUT2D eigenvalue weighted by Gasteiger charge is 2.39. The van der Waals surface area contributed by atoms with Crippen molar-refractivity contribution in [3.05, 3.63) is 28.0 Å². The number of aromatic nitrogens is 2. The van der Waals surface area contributed by atoms with Gasteiger partial charge in [-0.25, -0.2) is 4.79 Å². The van der Waals surface area contributed by atoms with Crippen molar-refractivity contribution in [1.82, 2.24) is 15.0 Å². The van der Waals surface area contributed by atoms with Gasteiger partial charge in [-0.1, -0.05) is 5.16 Å². The highest BCUT2D eigenvalue weighted by Crippen LogP contribution is 2.33. The number of hydrogen-bond acceptors (Lipinski definition) is 6. The minimum Gasteiger partial charge on any atom is -0.380 e. The fourth-order valence-electron chi connectivity index (χ4n) is 2.55. The van der Waals surface area contributed by atoms with E-state index >= 15 is 0 Å². The Morgan fingerprint density at radius 3 is 2.91 bits per heavy atom. The first-order valence-electron chi connectivity index (χ1n) is 7.02. The molecule has 1 saturated heterocycles. The second-order valence-electron chi connectivity index (χ2n) is 5.34. The van der Waals surface area contributed by atoms with Crippen LogP contribution in [0.4, 0.5) is 10.5 Å². The van der Waals surface area contributed by atoms with Crippen molar-refractivity contribution in [1.29, 1.82) is 0 Å². The molecule has 0 spiro atoms. The second-order valence-corrected chi connectivity index (χ2v) is 6.08. The monoisotopic (exact) mass is 322 g/mol. The number of ether oxygens (including phenoxy) is 1. The van der Waals surface area contributed by atoms with Gasteiger partial charge in [0.15, 0.2) is 5.82 Å². The molecule has 3 rings (SSSR count). The lowest BCUT2D eigenvalue weighted by Gasteiger charge is -2.22. The smallest absolute Gasteiger partial charge is 0.322 e. The van der Waals surface area contributed by atoms with Crippen LogP contribution in [-0.4, -0.2) is 40.8 Å². The molecule has 2 amide bonds. The Balaban J connectivity index is 1.79. The first kappa shape index (κ1) is 15.0. The van der Waals surface area contributed by atoms with Gasteiger partial charge < -0.3 is 19.5 Å². The molecule has 2 aromatic rings. The van der Waals surface area contributed by atoms with Crippen molar-refractivity contribution in [2.24, 2.45) is 0 Å². The van der Waals surface area contributed by atoms with Crippen LogP contribution < -0.4 is 5.32 Å². The van der Waals surface area contributed by atoms with Crippen LogP contribution in [0.15, 0.2) is 15.3 Å². The van der Waals surface area contributed by atoms with Crippen molar-refractivity contribution in [3.63, 3.8) is 0 Å². The van der Waals surface area contributed by atoms with Crippen molar-refractivity contribution in [3.8, 4) is 0 Å². The van der Waals surface area contributed by atoms with Crippen LogP contribution in [0.5, 0.6) is 0 Å². The summed E-state index contributed by atoms with van der Waals surface area (Å²) in [5, 5.41) is 10.7. The quantitative estimate of drug-likeness (QED) is 0.940. The first-order chi connectivity index (χ1) is 10.6. The Morgan fingerprint density at radius 1 is 1.50 bits per heavy atom. The maximum Gasteiger partial charge on any atom is 0.322 e. The molecule has 1 fully saturated rings. The number of anilines is 1. The Morgan fingerprint density at radius 2 is 2.32 bits per heavy atom. The van der Waals surface area contributed by atoms with E-state index in [0.717, 1.165) is 11.3 Å². The van der Waals surface area contributed by atoms with Crippen LogP contribution in [0.1, 0.15) is 29.7 Å². The van der Waals surface area contributed by atoms with Gasteiger partial charge in [-0.05, 0) is 24.8 Å². The molecule has 118 valence electrons. The topological polar surface area (TPSA) is 80.5 Å². The van der Waals surface area contributed by atoms with Gasteiger partial charge in [-0.2, -0.15) is 4.98 Å². The van der Waals surface area contributed by atoms with Gasteiger partial charge in [0, 0.05) is 25.5 Å². The van der Waals surface area contributed by atoms with Gasteiger partial charge in [-0.15, -0.1) is 11.3 Å². The van der Waals surface area contributed by atoms with E-state index < -0.39 is 0 Å². The van der Waals surface area contributed by atoms with E-state index in [-0.39, 0.29) is 18.2 Å². The lowest BCUT2D eigenvalue weighted by molar-refractivity contribution is 0.111. The number of likely N-dealkylation sites (tertiary alicyclic amines) is 1. The predicted molar refractivity (Wildman–Crippen MR) is 82.0 cm³/mol. The molecule has 8 heteroatoms. The largest absolute Gasteiger partial charge is 0.380 e. The fourth-order valence-corrected chi connectivity index (χ4v) is 3.33. The van der Waals surface area contributed by atoms with Gasteiger partial charge in [0.25, 0.3) is 0 Å². The van der Waals surface area contributed by atoms with Gasteiger partial charge in [-0.3, -0.25) is 0 Å². The number of hydrogen-bond donors (Lipinski definition) is 1. The molecule has 0 aromatic carbocycles. The molecule has 3 heterocycles. The average molecular weight is 322 g/mol. The molecule has 0 radical (unpaired) electrons. The number of nitrogens with zero attached hydrogens (tertiary/aromatic N) is 3. The number of carbonyl (C=O) groups excluding carboxylic acids is 1. The summed E-state index contributed by atoms with van der Waals surface area (Å²) in [4.78, 5) is 18.5. The number of amides is 2. The molecule has 2 aromatic heterocycles. The zero-order chi connectivity index (χ0) is 15.7. The molecular weight excluding hydrogens is 304 g/mol. The van der Waals surface area contributed by atoms with Crippen LogP contribution in [0.3, 0.4) is 0 Å². The summed E-state index contributed by atoms with van der Waals surface area (Å²) < 4.78 is 10.6. The summed E-state index contributed by atoms with van der Waals surface area (Å²) >= 11 is 1.56. The lowest BCUT2D eigenvalue weighted by atomic mass is 10.2. The number of methoxy groups -OCH3 is 1. The zero-order valence-electron chi connectivity index (χ0n) is 12.7. The number of nitrogens with one attached hydrogen (secondary N) is 1. The summed E-state index contributed by atoms with van der Waals surface area (Å²) in [6.07, 6.45) is 0.611. The molecule has 0 bridgehead atoms. The van der Waals surface area contributed by atoms with Crippen molar-refractivity contribution in [2.75, 3.05) is 19.0 Å². The summed E-state index contributed by atoms with van der Waals surface area (Å²) in [6.45, 7) is 4.22. The third-order valence-corrected chi connectivity index (χ3v) is 4.64. The van der Waals surface area contributed by atoms with E-state index in [4.69, 9.17) is 9.26 Å². The normalized spacial score (nSPS) is 21.3. The molecule has 0 aliphatic carbocycles. The van der Waals surface area contributed by atoms with Crippen LogP contribution in [0.25, 0.3) is 0 Å². The van der Waals surface area contributed by atoms with E-state index in [2.05, 4.69) is 15.5 Å². The third-order valence-electron chi connectivity index (χ3n) is 3.78. The minimum absolute atomic E-state index is 0.0356. The van der Waals surface area contributed by atoms with Gasteiger partial charge >= 0.3 is 6.03 Å². The predicted octanol–water partition coefficient (Wildman–Crippen LogP) is 2.74. The highest BCUT2D eigenvalue weighted by molar-refractivity contribution is 7.08. The Bertz CT molecular complexity index is 669. The first-order valence-corrected chi connectivity index (χ1v) is 7.96. The Labute approximate surface area is 132 Å². The van der Waals surface area contributed by atoms with Crippen LogP contribution in [-0.2, 0) is 4.74 Å². The van der Waals surface area contributed by atoms with Crippen LogP contribution in [0, 0.1) is 13.8 Å². The molecule has 7 nitrogen and oxygen atoms in total. The number of thiophene rings is 1. The SMILES string of the molecule is CO[C@H]1C[C@H](c2nc(C)no2)N(C(=O)Nc2cscc2C)C1. The van der Waals surface area contributed by atoms with Crippen molar-refractivity contribution in [2.45, 2.75) is 32.4 Å². The molecule has 2 atom stereocenters. The number of carbonyl (C=O) groups is 1. The van der Waals surface area contributed by atoms with Crippen molar-refractivity contribution >= 4 is 23.1 Å². The molecule has 0 saturated carbocycles. The van der Waals surface area contributed by atoms with E-state index in [1.165, 1.54) is 0 Å². The molecular formula is C14H18N4O3S. The molecule has 22 heavy (non-hydrogen) atoms. The maximum atomic E-state index is 12.6. The Kier molecular flexibility index (Phi) is 4.12. The molecule has 0 unspecified atom stereocenters. The number of rotatable bonds is 3. The fraction of sp³-hybridized carbons (Fsp3) is 0.500. The number of urea groups is 1. The summed E-state index contributed by atoms with van der Waals surface area (Å²) in [5.41, 5.74) is 1.88. The maximum absolute atomic E-state index is 12.6. The van der Waals surface area contributed by atoms with E-state index in [0.29, 0.717) is 24.7 Å². The average Bonchev–Trinajstić information content (AvgIpc) is 3.19. The molecule has 1 aliphatic rings. The molecule has 1 N–H and O–H groups in total. The summed E-state index contributed by atoms with van der Waals surface area (Å²) in [7, 11) is 1.64. The lowest BCUT2D eigenvalue weighted by Crippen LogP contribution is -2.35. The van der Waals surface area contributed by atoms with Crippen LogP contribution >= 0.6 is 11.3 Å². The van der Waals surface area contributed by atoms with E-state index in [9.17, 15) is 4.79 Å². The summed E-state index contributed by atoms with van der Waals surface area (Å²) in [5.74, 6) is 1.01. The second kappa shape index (κ2) is 6.05. The van der Waals surface area contributed by atoms with E-state index in [1.807, 2.05) is 17.7 Å². The van der Waals surface area contributed by atoms with Gasteiger partial charge in [0.1, 0.15) is 6.04 Å². The highest BCUT2D eigenvalue weighted by atomic mass is 32.1. The van der Waals surface area contributed by atoms with Crippen molar-refractivity contribution < 1.29 is 14.1 Å². The molecule has 1 aliphatic heterocycles. The minimum atomic E-state index is -0.259. The van der Waals surface area contributed by atoms with Crippen LogP contribution in [0.2, 0.25) is 0 Å². The van der Waals surface area contributed by atoms with Gasteiger partial charge in [0.05, 0.1) is 11.8 Å². The van der Waals surface area contributed by atoms with E-state index in [1.54, 1.807) is 30.3 Å².